The minimum Gasteiger partial charge on any atom is -0.369 e. The van der Waals surface area contributed by atoms with Gasteiger partial charge in [0, 0.05) is 19.0 Å². The van der Waals surface area contributed by atoms with Crippen LogP contribution in [0.3, 0.4) is 0 Å². The minimum atomic E-state index is -0.679. The maximum atomic E-state index is 11.6. The van der Waals surface area contributed by atoms with Gasteiger partial charge in [-0.2, -0.15) is 0 Å². The molecule has 0 radical (unpaired) electrons. The van der Waals surface area contributed by atoms with Crippen molar-refractivity contribution in [1.82, 2.24) is 10.6 Å². The third kappa shape index (κ3) is 4.73. The van der Waals surface area contributed by atoms with Gasteiger partial charge in [0.25, 0.3) is 0 Å². The first kappa shape index (κ1) is 14.0. The number of hydrogen-bond acceptors (Lipinski definition) is 3. The topological polar surface area (TPSA) is 84.2 Å². The van der Waals surface area contributed by atoms with Gasteiger partial charge in [-0.25, -0.2) is 0 Å². The molecule has 1 rings (SSSR count). The minimum absolute atomic E-state index is 0.00646. The van der Waals surface area contributed by atoms with Gasteiger partial charge in [0.1, 0.15) is 0 Å². The molecule has 0 spiro atoms. The molecule has 1 heterocycles. The summed E-state index contributed by atoms with van der Waals surface area (Å²) in [5.41, 5.74) is 4.55. The van der Waals surface area contributed by atoms with Crippen LogP contribution in [0.1, 0.15) is 39.5 Å². The Kier molecular flexibility index (Phi) is 4.93. The van der Waals surface area contributed by atoms with Crippen LogP contribution >= 0.6 is 0 Å². The number of hydrogen-bond donors (Lipinski definition) is 3. The van der Waals surface area contributed by atoms with Crippen LogP contribution in [0.15, 0.2) is 0 Å². The van der Waals surface area contributed by atoms with Gasteiger partial charge in [0.05, 0.1) is 5.41 Å². The fraction of sp³-hybridized carbons (Fsp3) is 0.833. The Hall–Kier alpha value is -1.10. The van der Waals surface area contributed by atoms with Gasteiger partial charge in [-0.1, -0.05) is 0 Å². The lowest BCUT2D eigenvalue weighted by molar-refractivity contribution is -0.127. The quantitative estimate of drug-likeness (QED) is 0.618. The van der Waals surface area contributed by atoms with E-state index >= 15 is 0 Å². The highest BCUT2D eigenvalue weighted by molar-refractivity contribution is 5.82. The molecule has 0 aliphatic carbocycles. The summed E-state index contributed by atoms with van der Waals surface area (Å²) in [6.45, 7) is 4.82. The van der Waals surface area contributed by atoms with Crippen molar-refractivity contribution < 1.29 is 9.59 Å². The van der Waals surface area contributed by atoms with E-state index in [1.165, 1.54) is 6.42 Å². The number of carbonyl (C=O) groups is 2. The summed E-state index contributed by atoms with van der Waals surface area (Å²) < 4.78 is 0. The average molecular weight is 241 g/mol. The van der Waals surface area contributed by atoms with E-state index < -0.39 is 11.3 Å². The first-order valence-electron chi connectivity index (χ1n) is 6.22. The molecule has 1 aliphatic heterocycles. The highest BCUT2D eigenvalue weighted by Crippen LogP contribution is 2.13. The molecule has 5 heteroatoms. The fourth-order valence-electron chi connectivity index (χ4n) is 1.80. The lowest BCUT2D eigenvalue weighted by Crippen LogP contribution is -2.42. The van der Waals surface area contributed by atoms with Crippen molar-refractivity contribution in [3.8, 4) is 0 Å². The monoisotopic (exact) mass is 241 g/mol. The first-order valence-corrected chi connectivity index (χ1v) is 6.22. The van der Waals surface area contributed by atoms with Gasteiger partial charge in [0.15, 0.2) is 0 Å². The van der Waals surface area contributed by atoms with Crippen LogP contribution in [-0.4, -0.2) is 30.9 Å². The van der Waals surface area contributed by atoms with E-state index in [0.717, 1.165) is 19.4 Å². The van der Waals surface area contributed by atoms with Crippen LogP contribution in [0.4, 0.5) is 0 Å². The molecule has 0 saturated carbocycles. The molecule has 1 unspecified atom stereocenters. The summed E-state index contributed by atoms with van der Waals surface area (Å²) in [6.07, 6.45) is 3.72. The molecule has 0 aromatic heterocycles. The van der Waals surface area contributed by atoms with Crippen LogP contribution in [0.25, 0.3) is 0 Å². The Bertz CT molecular complexity index is 283. The van der Waals surface area contributed by atoms with Crippen LogP contribution in [-0.2, 0) is 9.59 Å². The number of nitrogens with one attached hydrogen (secondary N) is 2. The zero-order chi connectivity index (χ0) is 12.9. The largest absolute Gasteiger partial charge is 0.369 e. The SMILES string of the molecule is CC(C)(CNC(=O)CCC1CCCN1)C(N)=O. The van der Waals surface area contributed by atoms with E-state index in [1.807, 2.05) is 0 Å². The van der Waals surface area contributed by atoms with E-state index in [9.17, 15) is 9.59 Å². The molecule has 0 bridgehead atoms. The summed E-state index contributed by atoms with van der Waals surface area (Å²) in [5.74, 6) is -0.400. The van der Waals surface area contributed by atoms with Crippen molar-refractivity contribution in [1.29, 1.82) is 0 Å². The summed E-state index contributed by atoms with van der Waals surface area (Å²) in [4.78, 5) is 22.6. The van der Waals surface area contributed by atoms with Crippen molar-refractivity contribution in [3.05, 3.63) is 0 Å². The highest BCUT2D eigenvalue weighted by Gasteiger charge is 2.25. The second kappa shape index (κ2) is 6.00. The van der Waals surface area contributed by atoms with Crippen LogP contribution in [0.2, 0.25) is 0 Å². The predicted molar refractivity (Wildman–Crippen MR) is 66.2 cm³/mol. The third-order valence-electron chi connectivity index (χ3n) is 3.28. The standard InChI is InChI=1S/C12H23N3O2/c1-12(2,11(13)17)8-15-10(16)6-5-9-4-3-7-14-9/h9,14H,3-8H2,1-2H3,(H2,13,17)(H,15,16). The molecule has 1 atom stereocenters. The van der Waals surface area contributed by atoms with Crippen LogP contribution < -0.4 is 16.4 Å². The molecule has 98 valence electrons. The number of carbonyl (C=O) groups excluding carboxylic acids is 2. The van der Waals surface area contributed by atoms with Crippen molar-refractivity contribution in [3.63, 3.8) is 0 Å². The molecule has 1 fully saturated rings. The van der Waals surface area contributed by atoms with Gasteiger partial charge in [-0.05, 0) is 39.7 Å². The molecule has 5 nitrogen and oxygen atoms in total. The number of nitrogens with two attached hydrogens (primary N) is 1. The second-order valence-electron chi connectivity index (χ2n) is 5.36. The summed E-state index contributed by atoms with van der Waals surface area (Å²) in [6, 6.07) is 0.477. The molecule has 1 saturated heterocycles. The van der Waals surface area contributed by atoms with Crippen molar-refractivity contribution >= 4 is 11.8 Å². The van der Waals surface area contributed by atoms with Gasteiger partial charge in [0.2, 0.25) is 11.8 Å². The van der Waals surface area contributed by atoms with Crippen LogP contribution in [0, 0.1) is 5.41 Å². The zero-order valence-corrected chi connectivity index (χ0v) is 10.7. The van der Waals surface area contributed by atoms with Gasteiger partial charge >= 0.3 is 0 Å². The van der Waals surface area contributed by atoms with E-state index in [0.29, 0.717) is 19.0 Å². The third-order valence-corrected chi connectivity index (χ3v) is 3.28. The molecule has 0 aromatic rings. The van der Waals surface area contributed by atoms with Crippen molar-refractivity contribution in [2.24, 2.45) is 11.1 Å². The van der Waals surface area contributed by atoms with Gasteiger partial charge < -0.3 is 16.4 Å². The number of amides is 2. The second-order valence-corrected chi connectivity index (χ2v) is 5.36. The highest BCUT2D eigenvalue weighted by atomic mass is 16.2. The Morgan fingerprint density at radius 2 is 2.18 bits per heavy atom. The molecule has 2 amide bonds. The van der Waals surface area contributed by atoms with E-state index in [-0.39, 0.29) is 5.91 Å². The summed E-state index contributed by atoms with van der Waals surface area (Å²) in [5, 5.41) is 6.11. The Labute approximate surface area is 103 Å². The van der Waals surface area contributed by atoms with Gasteiger partial charge in [-0.3, -0.25) is 9.59 Å². The molecule has 1 aliphatic rings. The molecular weight excluding hydrogens is 218 g/mol. The van der Waals surface area contributed by atoms with Crippen molar-refractivity contribution in [2.75, 3.05) is 13.1 Å². The summed E-state index contributed by atoms with van der Waals surface area (Å²) in [7, 11) is 0. The van der Waals surface area contributed by atoms with Gasteiger partial charge in [-0.15, -0.1) is 0 Å². The predicted octanol–water partition coefficient (Wildman–Crippen LogP) is 0.146. The molecule has 0 aromatic carbocycles. The van der Waals surface area contributed by atoms with Crippen molar-refractivity contribution in [2.45, 2.75) is 45.6 Å². The Balaban J connectivity index is 2.18. The Morgan fingerprint density at radius 1 is 1.47 bits per heavy atom. The summed E-state index contributed by atoms with van der Waals surface area (Å²) >= 11 is 0. The molecule has 17 heavy (non-hydrogen) atoms. The average Bonchev–Trinajstić information content (AvgIpc) is 2.76. The Morgan fingerprint density at radius 3 is 2.71 bits per heavy atom. The maximum absolute atomic E-state index is 11.6. The number of primary amides is 1. The maximum Gasteiger partial charge on any atom is 0.224 e. The smallest absolute Gasteiger partial charge is 0.224 e. The fourth-order valence-corrected chi connectivity index (χ4v) is 1.80. The van der Waals surface area contributed by atoms with E-state index in [1.54, 1.807) is 13.8 Å². The molecular formula is C12H23N3O2. The van der Waals surface area contributed by atoms with Crippen LogP contribution in [0.5, 0.6) is 0 Å². The first-order chi connectivity index (χ1) is 7.92. The van der Waals surface area contributed by atoms with E-state index in [4.69, 9.17) is 5.73 Å². The molecule has 4 N–H and O–H groups in total. The van der Waals surface area contributed by atoms with E-state index in [2.05, 4.69) is 10.6 Å². The lowest BCUT2D eigenvalue weighted by Gasteiger charge is -2.20. The normalized spacial score (nSPS) is 20.2. The zero-order valence-electron chi connectivity index (χ0n) is 10.7. The number of rotatable bonds is 6. The lowest BCUT2D eigenvalue weighted by atomic mass is 9.93.